The molecule has 0 atom stereocenters. The smallest absolute Gasteiger partial charge is 0.0992 e. The van der Waals surface area contributed by atoms with Gasteiger partial charge in [-0.1, -0.05) is 35.5 Å². The summed E-state index contributed by atoms with van der Waals surface area (Å²) < 4.78 is 0. The van der Waals surface area contributed by atoms with Gasteiger partial charge in [-0.2, -0.15) is 5.26 Å². The van der Waals surface area contributed by atoms with Crippen molar-refractivity contribution in [3.8, 4) is 6.07 Å². The van der Waals surface area contributed by atoms with Crippen molar-refractivity contribution in [3.05, 3.63) is 58.6 Å². The first-order valence-electron chi connectivity index (χ1n) is 5.30. The number of hydrogen-bond donors (Lipinski definition) is 1. The van der Waals surface area contributed by atoms with Crippen LogP contribution in [0.3, 0.4) is 0 Å². The van der Waals surface area contributed by atoms with Crippen LogP contribution in [0.5, 0.6) is 0 Å². The van der Waals surface area contributed by atoms with Crippen molar-refractivity contribution in [2.75, 3.05) is 0 Å². The van der Waals surface area contributed by atoms with Crippen LogP contribution in [0.2, 0.25) is 5.02 Å². The molecule has 2 nitrogen and oxygen atoms in total. The number of rotatable bonds is 3. The molecular weight excluding hydrogens is 266 g/mol. The molecule has 90 valence electrons. The van der Waals surface area contributed by atoms with Gasteiger partial charge in [-0.05, 0) is 35.9 Å². The minimum absolute atomic E-state index is 0.0442. The summed E-state index contributed by atoms with van der Waals surface area (Å²) in [5.41, 5.74) is 1.44. The molecule has 2 aromatic carbocycles. The minimum Gasteiger partial charge on any atom is -0.392 e. The summed E-state index contributed by atoms with van der Waals surface area (Å²) in [6.07, 6.45) is 0. The summed E-state index contributed by atoms with van der Waals surface area (Å²) in [6.45, 7) is 0.0442. The Kier molecular flexibility index (Phi) is 4.27. The van der Waals surface area contributed by atoms with Gasteiger partial charge in [-0.3, -0.25) is 0 Å². The van der Waals surface area contributed by atoms with E-state index in [0.717, 1.165) is 15.4 Å². The molecule has 2 rings (SSSR count). The fourth-order valence-electron chi connectivity index (χ4n) is 1.44. The lowest BCUT2D eigenvalue weighted by molar-refractivity contribution is 0.282. The minimum atomic E-state index is 0.0442. The molecule has 0 saturated carbocycles. The first kappa shape index (κ1) is 13.0. The fraction of sp³-hybridized carbons (Fsp3) is 0.0714. The average molecular weight is 276 g/mol. The van der Waals surface area contributed by atoms with Gasteiger partial charge in [0, 0.05) is 9.79 Å². The molecule has 0 aliphatic rings. The lowest BCUT2D eigenvalue weighted by atomic mass is 10.2. The summed E-state index contributed by atoms with van der Waals surface area (Å²) in [5, 5.41) is 18.3. The number of halogens is 1. The Morgan fingerprint density at radius 2 is 1.89 bits per heavy atom. The monoisotopic (exact) mass is 275 g/mol. The van der Waals surface area contributed by atoms with Crippen LogP contribution in [-0.4, -0.2) is 5.11 Å². The van der Waals surface area contributed by atoms with E-state index in [1.165, 1.54) is 11.8 Å². The number of nitriles is 1. The standard InChI is InChI=1S/C14H10ClNOS/c15-13-7-11(8-16)3-6-14(13)18-12-4-1-10(9-17)2-5-12/h1-7,17H,9H2. The zero-order chi connectivity index (χ0) is 13.0. The zero-order valence-corrected chi connectivity index (χ0v) is 11.0. The van der Waals surface area contributed by atoms with Gasteiger partial charge in [0.2, 0.25) is 0 Å². The number of benzene rings is 2. The molecular formula is C14H10ClNOS. The number of hydrogen-bond acceptors (Lipinski definition) is 3. The van der Waals surface area contributed by atoms with Gasteiger partial charge in [0.05, 0.1) is 23.3 Å². The second-order valence-electron chi connectivity index (χ2n) is 3.66. The maximum atomic E-state index is 8.96. The third-order valence-electron chi connectivity index (χ3n) is 2.39. The summed E-state index contributed by atoms with van der Waals surface area (Å²) in [7, 11) is 0. The van der Waals surface area contributed by atoms with Crippen LogP contribution < -0.4 is 0 Å². The second kappa shape index (κ2) is 5.92. The van der Waals surface area contributed by atoms with Crippen LogP contribution in [0, 0.1) is 11.3 Å². The van der Waals surface area contributed by atoms with Gasteiger partial charge in [0.15, 0.2) is 0 Å². The molecule has 0 aliphatic heterocycles. The average Bonchev–Trinajstić information content (AvgIpc) is 2.42. The summed E-state index contributed by atoms with van der Waals surface area (Å²) in [4.78, 5) is 1.95. The molecule has 0 aliphatic carbocycles. The van der Waals surface area contributed by atoms with Crippen LogP contribution in [0.4, 0.5) is 0 Å². The third kappa shape index (κ3) is 3.05. The van der Waals surface area contributed by atoms with Crippen LogP contribution in [-0.2, 0) is 6.61 Å². The highest BCUT2D eigenvalue weighted by molar-refractivity contribution is 7.99. The Morgan fingerprint density at radius 3 is 2.44 bits per heavy atom. The van der Waals surface area contributed by atoms with Crippen molar-refractivity contribution >= 4 is 23.4 Å². The van der Waals surface area contributed by atoms with Gasteiger partial charge in [-0.25, -0.2) is 0 Å². The van der Waals surface area contributed by atoms with E-state index in [9.17, 15) is 0 Å². The molecule has 18 heavy (non-hydrogen) atoms. The van der Waals surface area contributed by atoms with E-state index in [0.29, 0.717) is 10.6 Å². The predicted octanol–water partition coefficient (Wildman–Crippen LogP) is 3.86. The zero-order valence-electron chi connectivity index (χ0n) is 9.43. The van der Waals surface area contributed by atoms with Crippen molar-refractivity contribution < 1.29 is 5.11 Å². The summed E-state index contributed by atoms with van der Waals surface area (Å²) >= 11 is 7.63. The normalized spacial score (nSPS) is 10.1. The van der Waals surface area contributed by atoms with Gasteiger partial charge in [0.1, 0.15) is 0 Å². The van der Waals surface area contributed by atoms with E-state index in [-0.39, 0.29) is 6.61 Å². The number of aliphatic hydroxyl groups excluding tert-OH is 1. The molecule has 0 saturated heterocycles. The van der Waals surface area contributed by atoms with Crippen molar-refractivity contribution in [1.82, 2.24) is 0 Å². The Morgan fingerprint density at radius 1 is 1.17 bits per heavy atom. The second-order valence-corrected chi connectivity index (χ2v) is 5.18. The Balaban J connectivity index is 2.20. The first-order valence-corrected chi connectivity index (χ1v) is 6.49. The molecule has 0 fully saturated rings. The largest absolute Gasteiger partial charge is 0.392 e. The molecule has 0 amide bonds. The van der Waals surface area contributed by atoms with Gasteiger partial charge >= 0.3 is 0 Å². The Hall–Kier alpha value is -1.47. The summed E-state index contributed by atoms with van der Waals surface area (Å²) in [5.74, 6) is 0. The highest BCUT2D eigenvalue weighted by atomic mass is 35.5. The van der Waals surface area contributed by atoms with E-state index in [4.69, 9.17) is 22.0 Å². The van der Waals surface area contributed by atoms with Crippen LogP contribution in [0.1, 0.15) is 11.1 Å². The van der Waals surface area contributed by atoms with E-state index in [2.05, 4.69) is 6.07 Å². The fourth-order valence-corrected chi connectivity index (χ4v) is 2.56. The molecule has 0 bridgehead atoms. The SMILES string of the molecule is N#Cc1ccc(Sc2ccc(CO)cc2)c(Cl)c1. The molecule has 1 N–H and O–H groups in total. The Bertz CT molecular complexity index is 590. The van der Waals surface area contributed by atoms with Gasteiger partial charge in [-0.15, -0.1) is 0 Å². The molecule has 0 aromatic heterocycles. The molecule has 4 heteroatoms. The number of nitrogens with zero attached hydrogens (tertiary/aromatic N) is 1. The third-order valence-corrected chi connectivity index (χ3v) is 3.90. The lowest BCUT2D eigenvalue weighted by Crippen LogP contribution is -1.82. The number of aliphatic hydroxyl groups is 1. The van der Waals surface area contributed by atoms with E-state index in [1.54, 1.807) is 12.1 Å². The maximum absolute atomic E-state index is 8.96. The van der Waals surface area contributed by atoms with E-state index >= 15 is 0 Å². The van der Waals surface area contributed by atoms with Gasteiger partial charge < -0.3 is 5.11 Å². The quantitative estimate of drug-likeness (QED) is 0.925. The van der Waals surface area contributed by atoms with Crippen molar-refractivity contribution in [2.24, 2.45) is 0 Å². The van der Waals surface area contributed by atoms with Gasteiger partial charge in [0.25, 0.3) is 0 Å². The lowest BCUT2D eigenvalue weighted by Gasteiger charge is -2.05. The molecule has 0 radical (unpaired) electrons. The highest BCUT2D eigenvalue weighted by Crippen LogP contribution is 2.33. The van der Waals surface area contributed by atoms with Crippen LogP contribution in [0.15, 0.2) is 52.3 Å². The predicted molar refractivity (Wildman–Crippen MR) is 72.7 cm³/mol. The molecule has 0 unspecified atom stereocenters. The first-order chi connectivity index (χ1) is 8.72. The topological polar surface area (TPSA) is 44.0 Å². The van der Waals surface area contributed by atoms with Crippen LogP contribution in [0.25, 0.3) is 0 Å². The molecule has 2 aromatic rings. The summed E-state index contributed by atoms with van der Waals surface area (Å²) in [6, 6.07) is 14.9. The maximum Gasteiger partial charge on any atom is 0.0992 e. The van der Waals surface area contributed by atoms with Crippen molar-refractivity contribution in [1.29, 1.82) is 5.26 Å². The molecule has 0 spiro atoms. The Labute approximate surface area is 115 Å². The highest BCUT2D eigenvalue weighted by Gasteiger charge is 2.04. The van der Waals surface area contributed by atoms with Crippen molar-refractivity contribution in [3.63, 3.8) is 0 Å². The molecule has 0 heterocycles. The van der Waals surface area contributed by atoms with E-state index in [1.807, 2.05) is 30.3 Å². The van der Waals surface area contributed by atoms with E-state index < -0.39 is 0 Å². The van der Waals surface area contributed by atoms with Crippen LogP contribution >= 0.6 is 23.4 Å². The van der Waals surface area contributed by atoms with Crippen molar-refractivity contribution in [2.45, 2.75) is 16.4 Å².